The van der Waals surface area contributed by atoms with Gasteiger partial charge in [-0.05, 0) is 24.5 Å². The number of nitro benzene ring substituents is 1. The van der Waals surface area contributed by atoms with Crippen molar-refractivity contribution in [2.75, 3.05) is 0 Å². The van der Waals surface area contributed by atoms with Crippen LogP contribution < -0.4 is 0 Å². The highest BCUT2D eigenvalue weighted by atomic mass is 32.2. The predicted molar refractivity (Wildman–Crippen MR) is 109 cm³/mol. The molecule has 1 unspecified atom stereocenters. The van der Waals surface area contributed by atoms with Crippen LogP contribution in [0.15, 0.2) is 58.7 Å². The maximum atomic E-state index is 12.6. The first-order chi connectivity index (χ1) is 13.0. The van der Waals surface area contributed by atoms with Gasteiger partial charge in [0.15, 0.2) is 5.78 Å². The minimum Gasteiger partial charge on any atom is -0.293 e. The lowest BCUT2D eigenvalue weighted by molar-refractivity contribution is -0.384. The molecule has 0 saturated carbocycles. The number of carbonyl (C=O) groups is 1. The first kappa shape index (κ1) is 19.0. The van der Waals surface area contributed by atoms with Crippen molar-refractivity contribution in [3.63, 3.8) is 0 Å². The molecule has 0 fully saturated rings. The van der Waals surface area contributed by atoms with Gasteiger partial charge >= 0.3 is 0 Å². The normalized spacial score (nSPS) is 14.4. The van der Waals surface area contributed by atoms with Crippen molar-refractivity contribution < 1.29 is 9.72 Å². The molecule has 0 aromatic heterocycles. The molecular weight excluding hydrogens is 362 g/mol. The van der Waals surface area contributed by atoms with Crippen molar-refractivity contribution in [1.82, 2.24) is 0 Å². The summed E-state index contributed by atoms with van der Waals surface area (Å²) < 4.78 is 0. The Morgan fingerprint density at radius 1 is 1.22 bits per heavy atom. The van der Waals surface area contributed by atoms with Crippen LogP contribution in [0.2, 0.25) is 0 Å². The van der Waals surface area contributed by atoms with Crippen LogP contribution in [0.5, 0.6) is 0 Å². The third-order valence-corrected chi connectivity index (χ3v) is 5.39. The molecule has 0 amide bonds. The fourth-order valence-corrected chi connectivity index (χ4v) is 3.71. The molecule has 138 valence electrons. The van der Waals surface area contributed by atoms with Gasteiger partial charge in [-0.3, -0.25) is 14.9 Å². The largest absolute Gasteiger partial charge is 0.293 e. The Morgan fingerprint density at radius 2 is 1.96 bits per heavy atom. The van der Waals surface area contributed by atoms with E-state index in [1.807, 2.05) is 12.1 Å². The van der Waals surface area contributed by atoms with Crippen LogP contribution in [0.25, 0.3) is 0 Å². The Balaban J connectivity index is 1.62. The van der Waals surface area contributed by atoms with Crippen LogP contribution in [-0.2, 0) is 6.42 Å². The van der Waals surface area contributed by atoms with Gasteiger partial charge in [-0.2, -0.15) is 5.10 Å². The van der Waals surface area contributed by atoms with Gasteiger partial charge in [0.1, 0.15) is 5.04 Å². The van der Waals surface area contributed by atoms with E-state index < -0.39 is 10.2 Å². The number of ketones is 1. The van der Waals surface area contributed by atoms with Gasteiger partial charge in [-0.1, -0.05) is 55.1 Å². The summed E-state index contributed by atoms with van der Waals surface area (Å²) in [6.45, 7) is 3.89. The molecule has 2 aromatic carbocycles. The van der Waals surface area contributed by atoms with Crippen molar-refractivity contribution in [3.05, 3.63) is 75.3 Å². The van der Waals surface area contributed by atoms with Gasteiger partial charge in [0, 0.05) is 24.1 Å². The van der Waals surface area contributed by atoms with E-state index in [0.29, 0.717) is 12.0 Å². The molecule has 27 heavy (non-hydrogen) atoms. The van der Waals surface area contributed by atoms with Crippen LogP contribution in [-0.4, -0.2) is 26.7 Å². The third-order valence-electron chi connectivity index (χ3n) is 4.32. The summed E-state index contributed by atoms with van der Waals surface area (Å²) in [5.41, 5.74) is 3.43. The van der Waals surface area contributed by atoms with Crippen LogP contribution in [0.1, 0.15) is 41.8 Å². The molecule has 0 aliphatic carbocycles. The summed E-state index contributed by atoms with van der Waals surface area (Å²) in [5.74, 6) is -0.160. The molecule has 1 aliphatic rings. The number of non-ortho nitro benzene ring substituents is 1. The zero-order valence-electron chi connectivity index (χ0n) is 15.1. The second-order valence-electron chi connectivity index (χ2n) is 6.20. The van der Waals surface area contributed by atoms with E-state index in [-0.39, 0.29) is 11.5 Å². The summed E-state index contributed by atoms with van der Waals surface area (Å²) >= 11 is 1.35. The molecule has 0 saturated heterocycles. The second kappa shape index (κ2) is 8.26. The van der Waals surface area contributed by atoms with Crippen molar-refractivity contribution in [1.29, 1.82) is 0 Å². The summed E-state index contributed by atoms with van der Waals surface area (Å²) in [5, 5.41) is 19.7. The standard InChI is InChI=1S/C20H19N3O3S/c1-3-14-7-9-15(10-8-14)18-12-19(22-21-18)27-13(2)20(24)16-5-4-6-17(11-16)23(25)26/h4-11,13H,3,12H2,1-2H3. The molecule has 3 rings (SSSR count). The number of benzene rings is 2. The van der Waals surface area contributed by atoms with Crippen LogP contribution in [0, 0.1) is 10.1 Å². The lowest BCUT2D eigenvalue weighted by Crippen LogP contribution is -2.16. The molecule has 6 nitrogen and oxygen atoms in total. The van der Waals surface area contributed by atoms with E-state index in [2.05, 4.69) is 29.3 Å². The lowest BCUT2D eigenvalue weighted by atomic mass is 10.1. The highest BCUT2D eigenvalue weighted by Crippen LogP contribution is 2.25. The van der Waals surface area contributed by atoms with E-state index in [1.165, 1.54) is 35.5 Å². The van der Waals surface area contributed by atoms with E-state index in [1.54, 1.807) is 13.0 Å². The number of thioether (sulfide) groups is 1. The first-order valence-electron chi connectivity index (χ1n) is 8.66. The molecular formula is C20H19N3O3S. The average molecular weight is 381 g/mol. The minimum absolute atomic E-state index is 0.0857. The van der Waals surface area contributed by atoms with Gasteiger partial charge in [0.2, 0.25) is 0 Å². The molecule has 1 aliphatic heterocycles. The Hall–Kier alpha value is -2.80. The number of aryl methyl sites for hydroxylation is 1. The zero-order chi connectivity index (χ0) is 19.4. The van der Waals surface area contributed by atoms with Crippen LogP contribution in [0.3, 0.4) is 0 Å². The number of Topliss-reactive ketones (excluding diaryl/α,β-unsaturated/α-hetero) is 1. The topological polar surface area (TPSA) is 84.9 Å². The molecule has 2 aromatic rings. The smallest absolute Gasteiger partial charge is 0.270 e. The van der Waals surface area contributed by atoms with Gasteiger partial charge in [-0.25, -0.2) is 0 Å². The monoisotopic (exact) mass is 381 g/mol. The quantitative estimate of drug-likeness (QED) is 0.413. The molecule has 1 heterocycles. The molecule has 7 heteroatoms. The number of nitro groups is 1. The fourth-order valence-electron chi connectivity index (χ4n) is 2.75. The second-order valence-corrected chi connectivity index (χ2v) is 7.61. The SMILES string of the molecule is CCc1ccc(C2=NN=C(SC(C)C(=O)c3cccc([N+](=O)[O-])c3)C2)cc1. The number of nitrogens with zero attached hydrogens (tertiary/aromatic N) is 3. The van der Waals surface area contributed by atoms with Gasteiger partial charge in [0.05, 0.1) is 15.9 Å². The minimum atomic E-state index is -0.500. The molecule has 0 N–H and O–H groups in total. The summed E-state index contributed by atoms with van der Waals surface area (Å²) in [7, 11) is 0. The van der Waals surface area contributed by atoms with E-state index in [9.17, 15) is 14.9 Å². The first-order valence-corrected chi connectivity index (χ1v) is 9.54. The lowest BCUT2D eigenvalue weighted by Gasteiger charge is -2.10. The summed E-state index contributed by atoms with van der Waals surface area (Å²) in [6, 6.07) is 14.1. The predicted octanol–water partition coefficient (Wildman–Crippen LogP) is 4.67. The van der Waals surface area contributed by atoms with Crippen molar-refractivity contribution in [2.45, 2.75) is 31.9 Å². The maximum Gasteiger partial charge on any atom is 0.270 e. The number of rotatable bonds is 6. The van der Waals surface area contributed by atoms with Gasteiger partial charge in [0.25, 0.3) is 5.69 Å². The summed E-state index contributed by atoms with van der Waals surface area (Å²) in [6.07, 6.45) is 1.57. The summed E-state index contributed by atoms with van der Waals surface area (Å²) in [4.78, 5) is 23.0. The van der Waals surface area contributed by atoms with Crippen LogP contribution >= 0.6 is 11.8 Å². The fraction of sp³-hybridized carbons (Fsp3) is 0.250. The third kappa shape index (κ3) is 4.49. The van der Waals surface area contributed by atoms with Gasteiger partial charge < -0.3 is 0 Å². The maximum absolute atomic E-state index is 12.6. The van der Waals surface area contributed by atoms with E-state index in [4.69, 9.17) is 0 Å². The van der Waals surface area contributed by atoms with Crippen molar-refractivity contribution in [3.8, 4) is 0 Å². The molecule has 0 radical (unpaired) electrons. The van der Waals surface area contributed by atoms with Crippen LogP contribution in [0.4, 0.5) is 5.69 Å². The van der Waals surface area contributed by atoms with Crippen molar-refractivity contribution in [2.24, 2.45) is 10.2 Å². The highest BCUT2D eigenvalue weighted by Gasteiger charge is 2.23. The number of hydrogen-bond acceptors (Lipinski definition) is 6. The van der Waals surface area contributed by atoms with Gasteiger partial charge in [-0.15, -0.1) is 5.10 Å². The number of carbonyl (C=O) groups excluding carboxylic acids is 1. The Bertz CT molecular complexity index is 936. The van der Waals surface area contributed by atoms with E-state index in [0.717, 1.165) is 22.7 Å². The molecule has 0 bridgehead atoms. The Labute approximate surface area is 161 Å². The Morgan fingerprint density at radius 3 is 2.63 bits per heavy atom. The average Bonchev–Trinajstić information content (AvgIpc) is 3.16. The molecule has 1 atom stereocenters. The molecule has 0 spiro atoms. The zero-order valence-corrected chi connectivity index (χ0v) is 15.9. The highest BCUT2D eigenvalue weighted by molar-refractivity contribution is 8.15. The Kier molecular flexibility index (Phi) is 5.81. The van der Waals surface area contributed by atoms with Crippen molar-refractivity contribution >= 4 is 34.0 Å². The number of hydrogen-bond donors (Lipinski definition) is 0. The van der Waals surface area contributed by atoms with E-state index >= 15 is 0 Å².